The molecule has 0 saturated heterocycles. The first-order valence-corrected chi connectivity index (χ1v) is 7.20. The van der Waals surface area contributed by atoms with E-state index >= 15 is 0 Å². The summed E-state index contributed by atoms with van der Waals surface area (Å²) >= 11 is 0. The second-order valence-corrected chi connectivity index (χ2v) is 6.18. The van der Waals surface area contributed by atoms with E-state index in [2.05, 4.69) is 39.8 Å². The molecule has 0 aliphatic carbocycles. The Balaban J connectivity index is 3.85. The highest BCUT2D eigenvalue weighted by atomic mass is 16.5. The molecule has 0 aromatic heterocycles. The lowest BCUT2D eigenvalue weighted by atomic mass is 10.0. The van der Waals surface area contributed by atoms with Crippen molar-refractivity contribution in [2.45, 2.75) is 60.0 Å². The molecule has 112 valence electrons. The summed E-state index contributed by atoms with van der Waals surface area (Å²) in [6.45, 7) is 13.5. The number of ether oxygens (including phenoxy) is 2. The molecular formula is C16H30O3. The van der Waals surface area contributed by atoms with Crippen LogP contribution in [0.1, 0.15) is 54.4 Å². The Labute approximate surface area is 118 Å². The summed E-state index contributed by atoms with van der Waals surface area (Å²) in [5, 5.41) is 0. The van der Waals surface area contributed by atoms with Gasteiger partial charge in [0.2, 0.25) is 0 Å². The minimum absolute atomic E-state index is 0.0742. The third-order valence-corrected chi connectivity index (χ3v) is 2.60. The van der Waals surface area contributed by atoms with Gasteiger partial charge in [-0.25, -0.2) is 0 Å². The van der Waals surface area contributed by atoms with Gasteiger partial charge < -0.3 is 9.47 Å². The van der Waals surface area contributed by atoms with Gasteiger partial charge in [-0.05, 0) is 46.0 Å². The fraction of sp³-hybridized carbons (Fsp3) is 0.812. The predicted octanol–water partition coefficient (Wildman–Crippen LogP) is 3.97. The zero-order chi connectivity index (χ0) is 14.9. The lowest BCUT2D eigenvalue weighted by Gasteiger charge is -2.22. The number of rotatable bonds is 8. The van der Waals surface area contributed by atoms with Crippen molar-refractivity contribution in [2.75, 3.05) is 13.2 Å². The molecule has 0 unspecified atom stereocenters. The normalized spacial score (nSPS) is 15.5. The molecule has 0 aromatic carbocycles. The fourth-order valence-corrected chi connectivity index (χ4v) is 1.55. The minimum atomic E-state index is -0.122. The predicted molar refractivity (Wildman–Crippen MR) is 79.0 cm³/mol. The van der Waals surface area contributed by atoms with Crippen molar-refractivity contribution in [3.05, 3.63) is 12.2 Å². The Kier molecular flexibility index (Phi) is 8.73. The highest BCUT2D eigenvalue weighted by molar-refractivity contribution is 5.69. The molecule has 0 radical (unpaired) electrons. The molecule has 0 N–H and O–H groups in total. The summed E-state index contributed by atoms with van der Waals surface area (Å²) in [5.74, 6) is 0.601. The quantitative estimate of drug-likeness (QED) is 0.494. The summed E-state index contributed by atoms with van der Waals surface area (Å²) < 4.78 is 10.7. The van der Waals surface area contributed by atoms with Crippen LogP contribution in [0, 0.1) is 11.8 Å². The number of hydrogen-bond acceptors (Lipinski definition) is 3. The zero-order valence-corrected chi connectivity index (χ0v) is 13.4. The standard InChI is InChI=1S/C16H30O3/c1-7-18-15(17)11-13(2)9-8-10-14(3)12-19-16(4,5)6/h8-9,13-14H,7,10-12H2,1-6H3/b9-8+/t13-,14+/m0/s1. The van der Waals surface area contributed by atoms with Crippen molar-refractivity contribution < 1.29 is 14.3 Å². The smallest absolute Gasteiger partial charge is 0.306 e. The molecule has 3 heteroatoms. The first-order valence-electron chi connectivity index (χ1n) is 7.20. The van der Waals surface area contributed by atoms with Crippen molar-refractivity contribution in [1.82, 2.24) is 0 Å². The molecule has 19 heavy (non-hydrogen) atoms. The van der Waals surface area contributed by atoms with E-state index < -0.39 is 0 Å². The molecule has 0 aliphatic heterocycles. The van der Waals surface area contributed by atoms with Crippen LogP contribution < -0.4 is 0 Å². The molecule has 0 spiro atoms. The van der Waals surface area contributed by atoms with E-state index in [1.807, 2.05) is 13.8 Å². The van der Waals surface area contributed by atoms with Crippen LogP contribution in [0.15, 0.2) is 12.2 Å². The van der Waals surface area contributed by atoms with E-state index in [1.165, 1.54) is 0 Å². The van der Waals surface area contributed by atoms with Crippen molar-refractivity contribution >= 4 is 5.97 Å². The number of allylic oxidation sites excluding steroid dienone is 2. The average molecular weight is 270 g/mol. The van der Waals surface area contributed by atoms with E-state index in [1.54, 1.807) is 0 Å². The van der Waals surface area contributed by atoms with Gasteiger partial charge in [-0.1, -0.05) is 26.0 Å². The third kappa shape index (κ3) is 12.0. The van der Waals surface area contributed by atoms with Crippen molar-refractivity contribution in [2.24, 2.45) is 11.8 Å². The van der Waals surface area contributed by atoms with Crippen LogP contribution >= 0.6 is 0 Å². The van der Waals surface area contributed by atoms with E-state index in [-0.39, 0.29) is 17.5 Å². The number of hydrogen-bond donors (Lipinski definition) is 0. The zero-order valence-electron chi connectivity index (χ0n) is 13.4. The van der Waals surface area contributed by atoms with Crippen LogP contribution in [0.2, 0.25) is 0 Å². The molecule has 0 amide bonds. The SMILES string of the molecule is CCOC(=O)C[C@@H](C)/C=C/C[C@@H](C)COC(C)(C)C. The highest BCUT2D eigenvalue weighted by Crippen LogP contribution is 2.13. The molecule has 2 atom stereocenters. The van der Waals surface area contributed by atoms with Gasteiger partial charge in [-0.3, -0.25) is 4.79 Å². The summed E-state index contributed by atoms with van der Waals surface area (Å²) in [6.07, 6.45) is 5.66. The second kappa shape index (κ2) is 9.13. The molecular weight excluding hydrogens is 240 g/mol. The maximum absolute atomic E-state index is 11.3. The first-order chi connectivity index (χ1) is 8.74. The number of esters is 1. The highest BCUT2D eigenvalue weighted by Gasteiger charge is 2.12. The van der Waals surface area contributed by atoms with Crippen LogP contribution in [0.25, 0.3) is 0 Å². The molecule has 0 aliphatic rings. The first kappa shape index (κ1) is 18.2. The van der Waals surface area contributed by atoms with Crippen molar-refractivity contribution in [1.29, 1.82) is 0 Å². The van der Waals surface area contributed by atoms with Gasteiger partial charge in [0.25, 0.3) is 0 Å². The van der Waals surface area contributed by atoms with E-state index in [4.69, 9.17) is 9.47 Å². The lowest BCUT2D eigenvalue weighted by Crippen LogP contribution is -2.22. The Morgan fingerprint density at radius 2 is 1.89 bits per heavy atom. The van der Waals surface area contributed by atoms with Gasteiger partial charge in [-0.2, -0.15) is 0 Å². The Morgan fingerprint density at radius 3 is 2.42 bits per heavy atom. The topological polar surface area (TPSA) is 35.5 Å². The third-order valence-electron chi connectivity index (χ3n) is 2.60. The monoisotopic (exact) mass is 270 g/mol. The molecule has 0 aromatic rings. The average Bonchev–Trinajstić information content (AvgIpc) is 2.25. The summed E-state index contributed by atoms with van der Waals surface area (Å²) in [4.78, 5) is 11.3. The fourth-order valence-electron chi connectivity index (χ4n) is 1.55. The van der Waals surface area contributed by atoms with Crippen molar-refractivity contribution in [3.8, 4) is 0 Å². The van der Waals surface area contributed by atoms with E-state index in [0.29, 0.717) is 18.9 Å². The lowest BCUT2D eigenvalue weighted by molar-refractivity contribution is -0.143. The largest absolute Gasteiger partial charge is 0.466 e. The van der Waals surface area contributed by atoms with E-state index in [0.717, 1.165) is 13.0 Å². The van der Waals surface area contributed by atoms with Crippen LogP contribution in [0.4, 0.5) is 0 Å². The van der Waals surface area contributed by atoms with Gasteiger partial charge in [0, 0.05) is 0 Å². The van der Waals surface area contributed by atoms with Crippen molar-refractivity contribution in [3.63, 3.8) is 0 Å². The minimum Gasteiger partial charge on any atom is -0.466 e. The number of carbonyl (C=O) groups excluding carboxylic acids is 1. The van der Waals surface area contributed by atoms with Gasteiger partial charge in [0.05, 0.1) is 25.2 Å². The molecule has 0 saturated carbocycles. The molecule has 0 rings (SSSR count). The Hall–Kier alpha value is -0.830. The van der Waals surface area contributed by atoms with Gasteiger partial charge in [0.15, 0.2) is 0 Å². The maximum atomic E-state index is 11.3. The van der Waals surface area contributed by atoms with Gasteiger partial charge in [0.1, 0.15) is 0 Å². The molecule has 0 fully saturated rings. The maximum Gasteiger partial charge on any atom is 0.306 e. The van der Waals surface area contributed by atoms with Crippen LogP contribution in [0.5, 0.6) is 0 Å². The number of carbonyl (C=O) groups is 1. The second-order valence-electron chi connectivity index (χ2n) is 6.18. The summed E-state index contributed by atoms with van der Waals surface area (Å²) in [6, 6.07) is 0. The van der Waals surface area contributed by atoms with Gasteiger partial charge >= 0.3 is 5.97 Å². The summed E-state index contributed by atoms with van der Waals surface area (Å²) in [5.41, 5.74) is -0.0742. The van der Waals surface area contributed by atoms with Gasteiger partial charge in [-0.15, -0.1) is 0 Å². The Morgan fingerprint density at radius 1 is 1.26 bits per heavy atom. The summed E-state index contributed by atoms with van der Waals surface area (Å²) in [7, 11) is 0. The van der Waals surface area contributed by atoms with Crippen LogP contribution in [0.3, 0.4) is 0 Å². The molecule has 0 heterocycles. The van der Waals surface area contributed by atoms with Crippen LogP contribution in [-0.4, -0.2) is 24.8 Å². The molecule has 3 nitrogen and oxygen atoms in total. The van der Waals surface area contributed by atoms with E-state index in [9.17, 15) is 4.79 Å². The Bertz CT molecular complexity index is 276. The molecule has 0 bridgehead atoms. The van der Waals surface area contributed by atoms with Crippen LogP contribution in [-0.2, 0) is 14.3 Å².